The normalized spacial score (nSPS) is 10.7. The zero-order valence-corrected chi connectivity index (χ0v) is 11.2. The predicted octanol–water partition coefficient (Wildman–Crippen LogP) is 2.79. The molecule has 1 N–H and O–H groups in total. The fourth-order valence-electron chi connectivity index (χ4n) is 2.10. The number of benzene rings is 2. The molecule has 0 radical (unpaired) electrons. The van der Waals surface area contributed by atoms with Gasteiger partial charge in [-0.2, -0.15) is 4.68 Å². The summed E-state index contributed by atoms with van der Waals surface area (Å²) < 4.78 is 1.38. The Bertz CT molecular complexity index is 754. The maximum atomic E-state index is 12.0. The minimum absolute atomic E-state index is 0.231. The first-order chi connectivity index (χ1) is 9.78. The van der Waals surface area contributed by atoms with E-state index in [1.165, 1.54) is 10.2 Å². The third-order valence-electron chi connectivity index (χ3n) is 3.25. The quantitative estimate of drug-likeness (QED) is 0.791. The Hall–Kier alpha value is -2.62. The number of H-pyrrole nitrogens is 1. The van der Waals surface area contributed by atoms with Crippen LogP contribution in [0, 0.1) is 0 Å². The topological polar surface area (TPSA) is 50.7 Å². The number of hydrogen-bond acceptors (Lipinski definition) is 2. The SMILES string of the molecule is CCc1ccc(-c2nn(-c3ccccc3)c(=O)[nH]2)cc1. The van der Waals surface area contributed by atoms with E-state index in [2.05, 4.69) is 29.1 Å². The summed E-state index contributed by atoms with van der Waals surface area (Å²) in [5.74, 6) is 0.585. The van der Waals surface area contributed by atoms with Gasteiger partial charge in [0, 0.05) is 5.56 Å². The van der Waals surface area contributed by atoms with E-state index >= 15 is 0 Å². The summed E-state index contributed by atoms with van der Waals surface area (Å²) in [6, 6.07) is 17.4. The summed E-state index contributed by atoms with van der Waals surface area (Å²) in [6.45, 7) is 2.11. The second-order valence-electron chi connectivity index (χ2n) is 4.58. The van der Waals surface area contributed by atoms with E-state index in [-0.39, 0.29) is 5.69 Å². The van der Waals surface area contributed by atoms with Gasteiger partial charge < -0.3 is 0 Å². The van der Waals surface area contributed by atoms with Gasteiger partial charge >= 0.3 is 5.69 Å². The van der Waals surface area contributed by atoms with Crippen LogP contribution in [-0.2, 0) is 6.42 Å². The van der Waals surface area contributed by atoms with Crippen molar-refractivity contribution in [1.82, 2.24) is 14.8 Å². The van der Waals surface area contributed by atoms with Crippen LogP contribution in [0.1, 0.15) is 12.5 Å². The van der Waals surface area contributed by atoms with Crippen LogP contribution in [0.2, 0.25) is 0 Å². The molecule has 0 saturated carbocycles. The average molecular weight is 265 g/mol. The van der Waals surface area contributed by atoms with Crippen LogP contribution in [0.5, 0.6) is 0 Å². The highest BCUT2D eigenvalue weighted by atomic mass is 16.1. The van der Waals surface area contributed by atoms with Gasteiger partial charge in [0.1, 0.15) is 0 Å². The molecule has 0 spiro atoms. The molecule has 100 valence electrons. The second kappa shape index (κ2) is 5.17. The number of hydrogen-bond donors (Lipinski definition) is 1. The number of para-hydroxylation sites is 1. The second-order valence-corrected chi connectivity index (χ2v) is 4.58. The highest BCUT2D eigenvalue weighted by molar-refractivity contribution is 5.55. The van der Waals surface area contributed by atoms with Gasteiger partial charge in [0.15, 0.2) is 5.82 Å². The lowest BCUT2D eigenvalue weighted by atomic mass is 10.1. The Labute approximate surface area is 116 Å². The Morgan fingerprint density at radius 2 is 1.75 bits per heavy atom. The molecule has 3 rings (SSSR count). The van der Waals surface area contributed by atoms with Gasteiger partial charge in [0.25, 0.3) is 0 Å². The number of rotatable bonds is 3. The summed E-state index contributed by atoms with van der Waals surface area (Å²) >= 11 is 0. The molecule has 1 heterocycles. The number of aryl methyl sites for hydroxylation is 1. The zero-order chi connectivity index (χ0) is 13.9. The standard InChI is InChI=1S/C16H15N3O/c1-2-12-8-10-13(11-9-12)15-17-16(20)19(18-15)14-6-4-3-5-7-14/h3-11H,2H2,1H3,(H,17,18,20). The molecule has 0 aliphatic carbocycles. The Kier molecular flexibility index (Phi) is 3.21. The third-order valence-corrected chi connectivity index (χ3v) is 3.25. The molecule has 20 heavy (non-hydrogen) atoms. The van der Waals surface area contributed by atoms with Gasteiger partial charge in [0.05, 0.1) is 5.69 Å². The highest BCUT2D eigenvalue weighted by Gasteiger charge is 2.08. The van der Waals surface area contributed by atoms with Gasteiger partial charge in [-0.25, -0.2) is 4.79 Å². The maximum absolute atomic E-state index is 12.0. The van der Waals surface area contributed by atoms with Crippen molar-refractivity contribution in [1.29, 1.82) is 0 Å². The van der Waals surface area contributed by atoms with Crippen LogP contribution in [0.4, 0.5) is 0 Å². The van der Waals surface area contributed by atoms with E-state index in [1.807, 2.05) is 42.5 Å². The summed E-state index contributed by atoms with van der Waals surface area (Å²) in [6.07, 6.45) is 0.995. The molecule has 0 aliphatic rings. The summed E-state index contributed by atoms with van der Waals surface area (Å²) in [7, 11) is 0. The van der Waals surface area contributed by atoms with Crippen molar-refractivity contribution < 1.29 is 0 Å². The monoisotopic (exact) mass is 265 g/mol. The summed E-state index contributed by atoms with van der Waals surface area (Å²) in [5, 5.41) is 4.35. The van der Waals surface area contributed by atoms with Gasteiger partial charge in [-0.05, 0) is 24.1 Å². The summed E-state index contributed by atoms with van der Waals surface area (Å²) in [5.41, 5.74) is 2.70. The molecule has 0 unspecified atom stereocenters. The third kappa shape index (κ3) is 2.28. The van der Waals surface area contributed by atoms with Crippen molar-refractivity contribution in [3.63, 3.8) is 0 Å². The van der Waals surface area contributed by atoms with E-state index in [1.54, 1.807) is 0 Å². The fourth-order valence-corrected chi connectivity index (χ4v) is 2.10. The van der Waals surface area contributed by atoms with Gasteiger partial charge in [-0.3, -0.25) is 4.98 Å². The predicted molar refractivity (Wildman–Crippen MR) is 79.0 cm³/mol. The van der Waals surface area contributed by atoms with Crippen LogP contribution in [0.3, 0.4) is 0 Å². The Morgan fingerprint density at radius 3 is 2.40 bits per heavy atom. The van der Waals surface area contributed by atoms with E-state index in [4.69, 9.17) is 0 Å². The molecule has 1 aromatic heterocycles. The molecule has 2 aromatic carbocycles. The molecule has 0 atom stereocenters. The molecule has 0 aliphatic heterocycles. The minimum atomic E-state index is -0.231. The van der Waals surface area contributed by atoms with Crippen LogP contribution < -0.4 is 5.69 Å². The van der Waals surface area contributed by atoms with Crippen molar-refractivity contribution in [2.24, 2.45) is 0 Å². The lowest BCUT2D eigenvalue weighted by Gasteiger charge is -1.99. The first-order valence-electron chi connectivity index (χ1n) is 6.62. The molecular weight excluding hydrogens is 250 g/mol. The highest BCUT2D eigenvalue weighted by Crippen LogP contribution is 2.15. The Morgan fingerprint density at radius 1 is 1.05 bits per heavy atom. The van der Waals surface area contributed by atoms with E-state index in [0.29, 0.717) is 5.82 Å². The molecule has 4 heteroatoms. The Balaban J connectivity index is 2.02. The molecule has 0 fully saturated rings. The first-order valence-corrected chi connectivity index (χ1v) is 6.62. The largest absolute Gasteiger partial charge is 0.348 e. The van der Waals surface area contributed by atoms with Crippen molar-refractivity contribution in [3.05, 3.63) is 70.6 Å². The van der Waals surface area contributed by atoms with Gasteiger partial charge in [-0.15, -0.1) is 5.10 Å². The first kappa shape index (κ1) is 12.4. The molecule has 3 aromatic rings. The number of nitrogens with one attached hydrogen (secondary N) is 1. The minimum Gasteiger partial charge on any atom is -0.288 e. The zero-order valence-electron chi connectivity index (χ0n) is 11.2. The lowest BCUT2D eigenvalue weighted by molar-refractivity contribution is 0.845. The van der Waals surface area contributed by atoms with Gasteiger partial charge in [-0.1, -0.05) is 49.4 Å². The lowest BCUT2D eigenvalue weighted by Crippen LogP contribution is -2.15. The number of nitrogens with zero attached hydrogens (tertiary/aromatic N) is 2. The van der Waals surface area contributed by atoms with Crippen LogP contribution >= 0.6 is 0 Å². The van der Waals surface area contributed by atoms with E-state index in [0.717, 1.165) is 17.7 Å². The molecule has 0 bridgehead atoms. The molecular formula is C16H15N3O. The van der Waals surface area contributed by atoms with Crippen LogP contribution in [0.25, 0.3) is 17.1 Å². The number of aromatic amines is 1. The molecule has 0 amide bonds. The smallest absolute Gasteiger partial charge is 0.288 e. The molecule has 4 nitrogen and oxygen atoms in total. The van der Waals surface area contributed by atoms with Crippen LogP contribution in [0.15, 0.2) is 59.4 Å². The van der Waals surface area contributed by atoms with Crippen molar-refractivity contribution in [2.75, 3.05) is 0 Å². The van der Waals surface area contributed by atoms with Crippen molar-refractivity contribution in [3.8, 4) is 17.1 Å². The van der Waals surface area contributed by atoms with Gasteiger partial charge in [0.2, 0.25) is 0 Å². The maximum Gasteiger partial charge on any atom is 0.348 e. The van der Waals surface area contributed by atoms with Crippen molar-refractivity contribution in [2.45, 2.75) is 13.3 Å². The van der Waals surface area contributed by atoms with Crippen molar-refractivity contribution >= 4 is 0 Å². The van der Waals surface area contributed by atoms with Crippen LogP contribution in [-0.4, -0.2) is 14.8 Å². The molecule has 0 saturated heterocycles. The summed E-state index contributed by atoms with van der Waals surface area (Å²) in [4.78, 5) is 14.8. The number of aromatic nitrogens is 3. The average Bonchev–Trinajstić information content (AvgIpc) is 2.90. The van der Waals surface area contributed by atoms with E-state index in [9.17, 15) is 4.79 Å². The fraction of sp³-hybridized carbons (Fsp3) is 0.125. The van der Waals surface area contributed by atoms with E-state index < -0.39 is 0 Å².